The normalized spacial score (nSPS) is 10.9. The highest BCUT2D eigenvalue weighted by Gasteiger charge is 2.19. The molecule has 0 heterocycles. The summed E-state index contributed by atoms with van der Waals surface area (Å²) >= 11 is 0. The Bertz CT molecular complexity index is 621. The van der Waals surface area contributed by atoms with Crippen LogP contribution in [0.3, 0.4) is 0 Å². The van der Waals surface area contributed by atoms with Crippen LogP contribution < -0.4 is 11.5 Å². The van der Waals surface area contributed by atoms with Crippen molar-refractivity contribution in [2.45, 2.75) is 53.4 Å². The third-order valence-electron chi connectivity index (χ3n) is 4.60. The zero-order chi connectivity index (χ0) is 16.3. The van der Waals surface area contributed by atoms with Crippen molar-refractivity contribution in [1.82, 2.24) is 0 Å². The fraction of sp³-hybridized carbons (Fsp3) is 0.400. The van der Waals surface area contributed by atoms with E-state index in [-0.39, 0.29) is 0 Å². The minimum Gasteiger partial charge on any atom is -0.399 e. The summed E-state index contributed by atoms with van der Waals surface area (Å²) in [5, 5.41) is 0. The molecule has 2 rings (SSSR count). The second-order valence-corrected chi connectivity index (χ2v) is 5.74. The lowest BCUT2D eigenvalue weighted by atomic mass is 9.82. The highest BCUT2D eigenvalue weighted by atomic mass is 14.6. The molecule has 0 spiro atoms. The maximum Gasteiger partial charge on any atom is 0.0384 e. The molecule has 118 valence electrons. The molecule has 0 saturated carbocycles. The number of nitrogen functional groups attached to an aromatic ring is 2. The number of rotatable bonds is 5. The molecule has 2 aromatic rings. The van der Waals surface area contributed by atoms with Gasteiger partial charge in [0.15, 0.2) is 0 Å². The maximum absolute atomic E-state index is 6.51. The summed E-state index contributed by atoms with van der Waals surface area (Å²) in [5.41, 5.74) is 22.3. The van der Waals surface area contributed by atoms with Crippen LogP contribution in [0.1, 0.15) is 49.9 Å². The van der Waals surface area contributed by atoms with Crippen LogP contribution in [0, 0.1) is 0 Å². The van der Waals surface area contributed by atoms with Crippen molar-refractivity contribution >= 4 is 11.4 Å². The van der Waals surface area contributed by atoms with E-state index in [0.717, 1.165) is 37.1 Å². The Morgan fingerprint density at radius 1 is 0.636 bits per heavy atom. The molecule has 2 aromatic carbocycles. The average molecular weight is 296 g/mol. The zero-order valence-corrected chi connectivity index (χ0v) is 14.3. The van der Waals surface area contributed by atoms with Crippen LogP contribution in [-0.4, -0.2) is 0 Å². The molecular weight excluding hydrogens is 268 g/mol. The van der Waals surface area contributed by atoms with E-state index in [1.807, 2.05) is 12.1 Å². The van der Waals surface area contributed by atoms with Gasteiger partial charge in [-0.3, -0.25) is 0 Å². The molecule has 0 saturated heterocycles. The summed E-state index contributed by atoms with van der Waals surface area (Å²) in [6.45, 7) is 8.84. The van der Waals surface area contributed by atoms with E-state index in [1.54, 1.807) is 0 Å². The largest absolute Gasteiger partial charge is 0.399 e. The average Bonchev–Trinajstić information content (AvgIpc) is 2.54. The van der Waals surface area contributed by atoms with Crippen LogP contribution >= 0.6 is 0 Å². The van der Waals surface area contributed by atoms with Crippen LogP contribution in [0.25, 0.3) is 11.1 Å². The van der Waals surface area contributed by atoms with E-state index in [1.165, 1.54) is 33.4 Å². The van der Waals surface area contributed by atoms with Crippen molar-refractivity contribution < 1.29 is 0 Å². The molecule has 2 heteroatoms. The minimum absolute atomic E-state index is 0.807. The van der Waals surface area contributed by atoms with Gasteiger partial charge in [-0.25, -0.2) is 0 Å². The molecule has 0 amide bonds. The van der Waals surface area contributed by atoms with E-state index >= 15 is 0 Å². The molecule has 0 radical (unpaired) electrons. The van der Waals surface area contributed by atoms with E-state index < -0.39 is 0 Å². The van der Waals surface area contributed by atoms with Gasteiger partial charge in [-0.15, -0.1) is 0 Å². The van der Waals surface area contributed by atoms with Crippen LogP contribution in [0.4, 0.5) is 11.4 Å². The summed E-state index contributed by atoms with van der Waals surface area (Å²) < 4.78 is 0. The Kier molecular flexibility index (Phi) is 5.12. The van der Waals surface area contributed by atoms with Crippen molar-refractivity contribution in [3.05, 3.63) is 46.5 Å². The zero-order valence-electron chi connectivity index (χ0n) is 14.3. The van der Waals surface area contributed by atoms with Crippen LogP contribution in [-0.2, 0) is 25.7 Å². The van der Waals surface area contributed by atoms with Crippen molar-refractivity contribution in [2.24, 2.45) is 0 Å². The predicted octanol–water partition coefficient (Wildman–Crippen LogP) is 4.77. The van der Waals surface area contributed by atoms with Gasteiger partial charge in [-0.1, -0.05) is 39.8 Å². The van der Waals surface area contributed by atoms with Crippen molar-refractivity contribution in [1.29, 1.82) is 0 Å². The summed E-state index contributed by atoms with van der Waals surface area (Å²) in [6.07, 6.45) is 3.97. The second-order valence-electron chi connectivity index (χ2n) is 5.74. The predicted molar refractivity (Wildman–Crippen MR) is 98.2 cm³/mol. The van der Waals surface area contributed by atoms with Gasteiger partial charge in [0.05, 0.1) is 0 Å². The van der Waals surface area contributed by atoms with Gasteiger partial charge >= 0.3 is 0 Å². The lowest BCUT2D eigenvalue weighted by Crippen LogP contribution is -2.10. The molecule has 0 bridgehead atoms. The van der Waals surface area contributed by atoms with Gasteiger partial charge in [0, 0.05) is 11.4 Å². The Balaban J connectivity index is 2.87. The standard InChI is InChI=1S/C20H28N2/c1-5-15-17(7-3)20(22)18(8-4)16(6-2)19(15)13-9-11-14(21)12-10-13/h9-12H,5-8,21-22H2,1-4H3. The first-order valence-electron chi connectivity index (χ1n) is 8.39. The molecule has 2 nitrogen and oxygen atoms in total. The first-order valence-corrected chi connectivity index (χ1v) is 8.39. The maximum atomic E-state index is 6.51. The van der Waals surface area contributed by atoms with Crippen LogP contribution in [0.15, 0.2) is 24.3 Å². The number of anilines is 2. The monoisotopic (exact) mass is 296 g/mol. The fourth-order valence-electron chi connectivity index (χ4n) is 3.58. The molecular formula is C20H28N2. The third kappa shape index (κ3) is 2.70. The molecule has 0 aliphatic heterocycles. The fourth-order valence-corrected chi connectivity index (χ4v) is 3.58. The summed E-state index contributed by atoms with van der Waals surface area (Å²) in [5.74, 6) is 0. The second kappa shape index (κ2) is 6.87. The topological polar surface area (TPSA) is 52.0 Å². The SMILES string of the molecule is CCc1c(N)c(CC)c(CC)c(-c2ccc(N)cc2)c1CC. The van der Waals surface area contributed by atoms with Gasteiger partial charge in [0.1, 0.15) is 0 Å². The van der Waals surface area contributed by atoms with Gasteiger partial charge in [-0.05, 0) is 71.2 Å². The van der Waals surface area contributed by atoms with E-state index in [9.17, 15) is 0 Å². The number of hydrogen-bond donors (Lipinski definition) is 2. The summed E-state index contributed by atoms with van der Waals surface area (Å²) in [7, 11) is 0. The Morgan fingerprint density at radius 2 is 1.05 bits per heavy atom. The number of nitrogens with two attached hydrogens (primary N) is 2. The number of hydrogen-bond acceptors (Lipinski definition) is 2. The van der Waals surface area contributed by atoms with E-state index in [4.69, 9.17) is 11.5 Å². The lowest BCUT2D eigenvalue weighted by molar-refractivity contribution is 0.983. The minimum atomic E-state index is 0.807. The molecule has 0 atom stereocenters. The van der Waals surface area contributed by atoms with Crippen molar-refractivity contribution in [3.8, 4) is 11.1 Å². The molecule has 4 N–H and O–H groups in total. The quantitative estimate of drug-likeness (QED) is 0.781. The lowest BCUT2D eigenvalue weighted by Gasteiger charge is -2.24. The summed E-state index contributed by atoms with van der Waals surface area (Å²) in [4.78, 5) is 0. The van der Waals surface area contributed by atoms with Crippen molar-refractivity contribution in [3.63, 3.8) is 0 Å². The number of benzene rings is 2. The molecule has 0 fully saturated rings. The Labute approximate surface area is 134 Å². The van der Waals surface area contributed by atoms with Gasteiger partial charge in [-0.2, -0.15) is 0 Å². The highest BCUT2D eigenvalue weighted by Crippen LogP contribution is 2.38. The summed E-state index contributed by atoms with van der Waals surface area (Å²) in [6, 6.07) is 8.25. The van der Waals surface area contributed by atoms with E-state index in [2.05, 4.69) is 39.8 Å². The van der Waals surface area contributed by atoms with Gasteiger partial charge < -0.3 is 11.5 Å². The molecule has 0 unspecified atom stereocenters. The van der Waals surface area contributed by atoms with Crippen LogP contribution in [0.5, 0.6) is 0 Å². The molecule has 0 aromatic heterocycles. The smallest absolute Gasteiger partial charge is 0.0384 e. The van der Waals surface area contributed by atoms with Gasteiger partial charge in [0.2, 0.25) is 0 Å². The molecule has 0 aliphatic rings. The Hall–Kier alpha value is -1.96. The molecule has 22 heavy (non-hydrogen) atoms. The van der Waals surface area contributed by atoms with Gasteiger partial charge in [0.25, 0.3) is 0 Å². The Morgan fingerprint density at radius 3 is 1.41 bits per heavy atom. The van der Waals surface area contributed by atoms with Crippen LogP contribution in [0.2, 0.25) is 0 Å². The highest BCUT2D eigenvalue weighted by molar-refractivity contribution is 5.80. The molecule has 0 aliphatic carbocycles. The van der Waals surface area contributed by atoms with E-state index in [0.29, 0.717) is 0 Å². The first-order chi connectivity index (χ1) is 10.6. The first kappa shape index (κ1) is 16.4. The van der Waals surface area contributed by atoms with Crippen molar-refractivity contribution in [2.75, 3.05) is 11.5 Å². The third-order valence-corrected chi connectivity index (χ3v) is 4.60.